The molecule has 0 saturated carbocycles. The molecule has 1 aromatic rings. The van der Waals surface area contributed by atoms with E-state index in [-0.39, 0.29) is 6.54 Å². The minimum Gasteiger partial charge on any atom is -0.388 e. The van der Waals surface area contributed by atoms with Crippen LogP contribution in [0.4, 0.5) is 23.7 Å². The first-order valence-electron chi connectivity index (χ1n) is 7.02. The Balaban J connectivity index is 2.57. The Kier molecular flexibility index (Phi) is 6.22. The summed E-state index contributed by atoms with van der Waals surface area (Å²) >= 11 is 0. The van der Waals surface area contributed by atoms with E-state index in [2.05, 4.69) is 5.32 Å². The summed E-state index contributed by atoms with van der Waals surface area (Å²) in [6.07, 6.45) is 1.25. The van der Waals surface area contributed by atoms with Gasteiger partial charge in [0.25, 0.3) is 0 Å². The Morgan fingerprint density at radius 1 is 1.27 bits per heavy atom. The lowest BCUT2D eigenvalue weighted by Crippen LogP contribution is -2.42. The van der Waals surface area contributed by atoms with Crippen LogP contribution in [0.5, 0.6) is 0 Å². The third-order valence-electron chi connectivity index (χ3n) is 3.14. The molecule has 0 bridgehead atoms. The summed E-state index contributed by atoms with van der Waals surface area (Å²) in [4.78, 5) is 11.6. The van der Waals surface area contributed by atoms with Gasteiger partial charge in [0.15, 0.2) is 11.6 Å². The molecule has 0 radical (unpaired) electrons. The van der Waals surface area contributed by atoms with E-state index in [9.17, 15) is 23.1 Å². The molecule has 0 aliphatic carbocycles. The zero-order chi connectivity index (χ0) is 16.9. The number of aliphatic hydroxyl groups is 1. The van der Waals surface area contributed by atoms with Crippen LogP contribution in [0.25, 0.3) is 0 Å². The van der Waals surface area contributed by atoms with Crippen LogP contribution in [0, 0.1) is 23.4 Å². The van der Waals surface area contributed by atoms with E-state index in [1.165, 1.54) is 0 Å². The largest absolute Gasteiger partial charge is 0.388 e. The molecule has 0 aromatic heterocycles. The van der Waals surface area contributed by atoms with E-state index < -0.39 is 34.8 Å². The molecule has 22 heavy (non-hydrogen) atoms. The molecule has 1 unspecified atom stereocenters. The third-order valence-corrected chi connectivity index (χ3v) is 3.14. The van der Waals surface area contributed by atoms with E-state index in [0.29, 0.717) is 24.5 Å². The second-order valence-corrected chi connectivity index (χ2v) is 5.98. The van der Waals surface area contributed by atoms with Crippen molar-refractivity contribution in [2.45, 2.75) is 39.2 Å². The van der Waals surface area contributed by atoms with E-state index in [1.54, 1.807) is 6.92 Å². The van der Waals surface area contributed by atoms with Gasteiger partial charge >= 0.3 is 6.03 Å². The fourth-order valence-corrected chi connectivity index (χ4v) is 1.78. The molecule has 0 saturated heterocycles. The molecule has 1 aromatic carbocycles. The number of halogens is 3. The minimum absolute atomic E-state index is 0.0734. The lowest BCUT2D eigenvalue weighted by molar-refractivity contribution is 0.0481. The monoisotopic (exact) mass is 318 g/mol. The van der Waals surface area contributed by atoms with Crippen molar-refractivity contribution in [1.29, 1.82) is 0 Å². The van der Waals surface area contributed by atoms with Crippen molar-refractivity contribution in [2.24, 2.45) is 5.92 Å². The normalized spacial score (nSPS) is 13.8. The predicted molar refractivity (Wildman–Crippen MR) is 78.0 cm³/mol. The van der Waals surface area contributed by atoms with Gasteiger partial charge in [-0.2, -0.15) is 0 Å². The van der Waals surface area contributed by atoms with Gasteiger partial charge in [-0.05, 0) is 25.7 Å². The minimum atomic E-state index is -1.21. The van der Waals surface area contributed by atoms with Gasteiger partial charge in [-0.25, -0.2) is 18.0 Å². The highest BCUT2D eigenvalue weighted by molar-refractivity contribution is 5.89. The molecule has 1 atom stereocenters. The topological polar surface area (TPSA) is 61.4 Å². The number of amides is 2. The molecule has 4 nitrogen and oxygen atoms in total. The number of benzene rings is 1. The molecule has 7 heteroatoms. The summed E-state index contributed by atoms with van der Waals surface area (Å²) < 4.78 is 39.5. The van der Waals surface area contributed by atoms with Crippen molar-refractivity contribution in [1.82, 2.24) is 5.32 Å². The Hall–Kier alpha value is -1.76. The molecule has 0 aliphatic rings. The number of urea groups is 1. The first kappa shape index (κ1) is 18.3. The molecular formula is C15H21F3N2O2. The van der Waals surface area contributed by atoms with Crippen LogP contribution < -0.4 is 10.6 Å². The van der Waals surface area contributed by atoms with Gasteiger partial charge in [-0.1, -0.05) is 13.8 Å². The maximum atomic E-state index is 13.4. The van der Waals surface area contributed by atoms with Crippen molar-refractivity contribution < 1.29 is 23.1 Å². The first-order valence-corrected chi connectivity index (χ1v) is 7.02. The van der Waals surface area contributed by atoms with Crippen LogP contribution in [-0.4, -0.2) is 23.3 Å². The van der Waals surface area contributed by atoms with E-state index in [1.807, 2.05) is 19.2 Å². The standard InChI is InChI=1S/C15H21F3N2O2/c1-9(2)4-5-15(3,22)8-19-14(21)20-13-11(17)6-10(16)7-12(13)18/h6-7,9,22H,4-5,8H2,1-3H3,(H2,19,20,21). The molecular weight excluding hydrogens is 297 g/mol. The molecule has 0 fully saturated rings. The number of hydrogen-bond donors (Lipinski definition) is 3. The highest BCUT2D eigenvalue weighted by Crippen LogP contribution is 2.20. The van der Waals surface area contributed by atoms with Gasteiger partial charge in [-0.15, -0.1) is 0 Å². The zero-order valence-corrected chi connectivity index (χ0v) is 12.8. The van der Waals surface area contributed by atoms with Crippen LogP contribution in [0.2, 0.25) is 0 Å². The zero-order valence-electron chi connectivity index (χ0n) is 12.8. The number of anilines is 1. The fraction of sp³-hybridized carbons (Fsp3) is 0.533. The smallest absolute Gasteiger partial charge is 0.319 e. The van der Waals surface area contributed by atoms with Crippen LogP contribution in [0.15, 0.2) is 12.1 Å². The second kappa shape index (κ2) is 7.49. The highest BCUT2D eigenvalue weighted by atomic mass is 19.1. The quantitative estimate of drug-likeness (QED) is 0.753. The number of hydrogen-bond acceptors (Lipinski definition) is 2. The molecule has 3 N–H and O–H groups in total. The first-order chi connectivity index (χ1) is 10.1. The third kappa shape index (κ3) is 5.93. The summed E-state index contributed by atoms with van der Waals surface area (Å²) in [5.74, 6) is -3.08. The summed E-state index contributed by atoms with van der Waals surface area (Å²) in [5, 5.41) is 14.4. The summed E-state index contributed by atoms with van der Waals surface area (Å²) in [6, 6.07) is 0.0591. The number of nitrogens with one attached hydrogen (secondary N) is 2. The van der Waals surface area contributed by atoms with Crippen molar-refractivity contribution in [2.75, 3.05) is 11.9 Å². The molecule has 1 rings (SSSR count). The average Bonchev–Trinajstić information content (AvgIpc) is 2.38. The van der Waals surface area contributed by atoms with E-state index in [0.717, 1.165) is 6.42 Å². The molecule has 124 valence electrons. The summed E-state index contributed by atoms with van der Waals surface area (Å²) in [7, 11) is 0. The van der Waals surface area contributed by atoms with Crippen LogP contribution in [-0.2, 0) is 0 Å². The molecule has 0 heterocycles. The Morgan fingerprint density at radius 3 is 2.32 bits per heavy atom. The lowest BCUT2D eigenvalue weighted by atomic mass is 9.95. The van der Waals surface area contributed by atoms with Gasteiger partial charge in [0.05, 0.1) is 5.60 Å². The van der Waals surface area contributed by atoms with Gasteiger partial charge < -0.3 is 15.7 Å². The van der Waals surface area contributed by atoms with Crippen LogP contribution in [0.3, 0.4) is 0 Å². The summed E-state index contributed by atoms with van der Waals surface area (Å²) in [5.41, 5.74) is -1.86. The number of carbonyl (C=O) groups is 1. The van der Waals surface area contributed by atoms with Crippen molar-refractivity contribution in [3.63, 3.8) is 0 Å². The van der Waals surface area contributed by atoms with Crippen molar-refractivity contribution in [3.8, 4) is 0 Å². The Morgan fingerprint density at radius 2 is 1.82 bits per heavy atom. The van der Waals surface area contributed by atoms with E-state index >= 15 is 0 Å². The van der Waals surface area contributed by atoms with E-state index in [4.69, 9.17) is 0 Å². The highest BCUT2D eigenvalue weighted by Gasteiger charge is 2.22. The fourth-order valence-electron chi connectivity index (χ4n) is 1.78. The lowest BCUT2D eigenvalue weighted by Gasteiger charge is -2.24. The van der Waals surface area contributed by atoms with Crippen LogP contribution >= 0.6 is 0 Å². The van der Waals surface area contributed by atoms with Crippen LogP contribution in [0.1, 0.15) is 33.6 Å². The second-order valence-electron chi connectivity index (χ2n) is 5.98. The molecule has 2 amide bonds. The Bertz CT molecular complexity index is 511. The van der Waals surface area contributed by atoms with Gasteiger partial charge in [0.2, 0.25) is 0 Å². The molecule has 0 spiro atoms. The van der Waals surface area contributed by atoms with Crippen molar-refractivity contribution >= 4 is 11.7 Å². The Labute approximate surface area is 127 Å². The van der Waals surface area contributed by atoms with Gasteiger partial charge in [0.1, 0.15) is 11.5 Å². The summed E-state index contributed by atoms with van der Waals surface area (Å²) in [6.45, 7) is 5.51. The van der Waals surface area contributed by atoms with Crippen molar-refractivity contribution in [3.05, 3.63) is 29.6 Å². The van der Waals surface area contributed by atoms with Gasteiger partial charge in [0, 0.05) is 18.7 Å². The maximum absolute atomic E-state index is 13.4. The molecule has 0 aliphatic heterocycles. The number of carbonyl (C=O) groups excluding carboxylic acids is 1. The van der Waals surface area contributed by atoms with Gasteiger partial charge in [-0.3, -0.25) is 0 Å². The average molecular weight is 318 g/mol. The predicted octanol–water partition coefficient (Wildman–Crippen LogP) is 3.41. The number of rotatable bonds is 6. The maximum Gasteiger partial charge on any atom is 0.319 e. The SMILES string of the molecule is CC(C)CCC(C)(O)CNC(=O)Nc1c(F)cc(F)cc1F.